The van der Waals surface area contributed by atoms with Gasteiger partial charge in [0.05, 0.1) is 12.2 Å². The van der Waals surface area contributed by atoms with E-state index in [1.807, 2.05) is 13.0 Å². The summed E-state index contributed by atoms with van der Waals surface area (Å²) in [5.41, 5.74) is 0. The molecule has 1 aromatic rings. The second kappa shape index (κ2) is 5.99. The molecule has 19 heavy (non-hydrogen) atoms. The zero-order chi connectivity index (χ0) is 13.9. The summed E-state index contributed by atoms with van der Waals surface area (Å²) < 4.78 is 44.1. The molecule has 0 spiro atoms. The van der Waals surface area contributed by atoms with Gasteiger partial charge in [0.25, 0.3) is 0 Å². The zero-order valence-corrected chi connectivity index (χ0v) is 11.0. The molecule has 3 atom stereocenters. The number of alkyl halides is 3. The second-order valence-corrected chi connectivity index (χ2v) is 5.39. The fourth-order valence-corrected chi connectivity index (χ4v) is 2.88. The molecule has 0 bridgehead atoms. The van der Waals surface area contributed by atoms with Crippen molar-refractivity contribution in [1.82, 2.24) is 5.32 Å². The first-order valence-corrected chi connectivity index (χ1v) is 6.82. The van der Waals surface area contributed by atoms with Crippen molar-refractivity contribution in [3.05, 3.63) is 24.2 Å². The molecular formula is C14H20F3NO. The van der Waals surface area contributed by atoms with Gasteiger partial charge >= 0.3 is 6.18 Å². The number of halogens is 3. The van der Waals surface area contributed by atoms with Crippen molar-refractivity contribution in [3.8, 4) is 0 Å². The lowest BCUT2D eigenvalue weighted by Gasteiger charge is -2.35. The summed E-state index contributed by atoms with van der Waals surface area (Å²) in [6, 6.07) is 3.17. The summed E-state index contributed by atoms with van der Waals surface area (Å²) in [7, 11) is 0. The Balaban J connectivity index is 1.92. The monoisotopic (exact) mass is 275 g/mol. The molecule has 108 valence electrons. The number of rotatable bonds is 4. The van der Waals surface area contributed by atoms with Gasteiger partial charge in [0.15, 0.2) is 0 Å². The van der Waals surface area contributed by atoms with Crippen LogP contribution in [0.25, 0.3) is 0 Å². The predicted octanol–water partition coefficient (Wildman–Crippen LogP) is 3.92. The van der Waals surface area contributed by atoms with Gasteiger partial charge in [0.2, 0.25) is 0 Å². The van der Waals surface area contributed by atoms with Crippen LogP contribution in [0.3, 0.4) is 0 Å². The Morgan fingerprint density at radius 3 is 2.74 bits per heavy atom. The van der Waals surface area contributed by atoms with E-state index < -0.39 is 18.1 Å². The summed E-state index contributed by atoms with van der Waals surface area (Å²) in [6.45, 7) is 1.91. The smallest absolute Gasteiger partial charge is 0.393 e. The highest BCUT2D eigenvalue weighted by atomic mass is 19.4. The number of hydrogen-bond acceptors (Lipinski definition) is 2. The van der Waals surface area contributed by atoms with Crippen molar-refractivity contribution >= 4 is 0 Å². The van der Waals surface area contributed by atoms with Crippen LogP contribution in [-0.4, -0.2) is 18.3 Å². The van der Waals surface area contributed by atoms with Crippen LogP contribution in [0.5, 0.6) is 0 Å². The van der Waals surface area contributed by atoms with E-state index in [9.17, 15) is 13.2 Å². The van der Waals surface area contributed by atoms with Gasteiger partial charge in [-0.2, -0.15) is 13.2 Å². The molecule has 1 heterocycles. The third-order valence-corrected chi connectivity index (χ3v) is 3.77. The Hall–Kier alpha value is -0.970. The van der Waals surface area contributed by atoms with Crippen molar-refractivity contribution in [2.24, 2.45) is 5.92 Å². The SMILES string of the molecule is CC(Cc1ccco1)NC1CCCCC1C(F)(F)F. The third-order valence-electron chi connectivity index (χ3n) is 3.77. The molecular weight excluding hydrogens is 255 g/mol. The topological polar surface area (TPSA) is 25.2 Å². The molecule has 0 aromatic carbocycles. The van der Waals surface area contributed by atoms with Crippen LogP contribution >= 0.6 is 0 Å². The maximum Gasteiger partial charge on any atom is 0.393 e. The van der Waals surface area contributed by atoms with Gasteiger partial charge in [-0.25, -0.2) is 0 Å². The van der Waals surface area contributed by atoms with Gasteiger partial charge in [0.1, 0.15) is 5.76 Å². The molecule has 1 fully saturated rings. The average Bonchev–Trinajstić information content (AvgIpc) is 2.81. The Morgan fingerprint density at radius 1 is 1.37 bits per heavy atom. The van der Waals surface area contributed by atoms with Gasteiger partial charge in [-0.05, 0) is 31.9 Å². The van der Waals surface area contributed by atoms with Gasteiger partial charge in [-0.1, -0.05) is 12.8 Å². The van der Waals surface area contributed by atoms with Crippen molar-refractivity contribution in [2.45, 2.75) is 57.3 Å². The molecule has 2 rings (SSSR count). The van der Waals surface area contributed by atoms with Crippen LogP contribution in [0, 0.1) is 5.92 Å². The Labute approximate surface area is 111 Å². The number of furan rings is 1. The fourth-order valence-electron chi connectivity index (χ4n) is 2.88. The van der Waals surface area contributed by atoms with E-state index in [-0.39, 0.29) is 12.5 Å². The van der Waals surface area contributed by atoms with Crippen LogP contribution in [-0.2, 0) is 6.42 Å². The van der Waals surface area contributed by atoms with Crippen LogP contribution in [0.4, 0.5) is 13.2 Å². The molecule has 1 N–H and O–H groups in total. The van der Waals surface area contributed by atoms with Crippen LogP contribution in [0.15, 0.2) is 22.8 Å². The van der Waals surface area contributed by atoms with Crippen molar-refractivity contribution in [3.63, 3.8) is 0 Å². The molecule has 0 radical (unpaired) electrons. The first-order chi connectivity index (χ1) is 8.97. The molecule has 1 aliphatic rings. The maximum atomic E-state index is 13.0. The van der Waals surface area contributed by atoms with Crippen LogP contribution < -0.4 is 5.32 Å². The van der Waals surface area contributed by atoms with E-state index in [0.717, 1.165) is 12.2 Å². The predicted molar refractivity (Wildman–Crippen MR) is 66.8 cm³/mol. The van der Waals surface area contributed by atoms with E-state index >= 15 is 0 Å². The van der Waals surface area contributed by atoms with Gasteiger partial charge in [0, 0.05) is 18.5 Å². The Kier molecular flexibility index (Phi) is 4.55. The van der Waals surface area contributed by atoms with E-state index in [2.05, 4.69) is 5.32 Å². The van der Waals surface area contributed by atoms with Gasteiger partial charge in [-0.15, -0.1) is 0 Å². The molecule has 5 heteroatoms. The summed E-state index contributed by atoms with van der Waals surface area (Å²) in [4.78, 5) is 0. The lowest BCUT2D eigenvalue weighted by atomic mass is 9.83. The largest absolute Gasteiger partial charge is 0.469 e. The molecule has 0 amide bonds. The molecule has 0 saturated heterocycles. The summed E-state index contributed by atoms with van der Waals surface area (Å²) in [5, 5.41) is 3.13. The molecule has 3 unspecified atom stereocenters. The lowest BCUT2D eigenvalue weighted by Crippen LogP contribution is -2.48. The standard InChI is InChI=1S/C14H20F3NO/c1-10(9-11-5-4-8-19-11)18-13-7-3-2-6-12(13)14(15,16)17/h4-5,8,10,12-13,18H,2-3,6-7,9H2,1H3. The van der Waals surface area contributed by atoms with Gasteiger partial charge < -0.3 is 9.73 Å². The highest BCUT2D eigenvalue weighted by Gasteiger charge is 2.45. The Bertz CT molecular complexity index is 375. The lowest BCUT2D eigenvalue weighted by molar-refractivity contribution is -0.189. The van der Waals surface area contributed by atoms with E-state index in [0.29, 0.717) is 19.3 Å². The molecule has 1 aliphatic carbocycles. The minimum Gasteiger partial charge on any atom is -0.469 e. The maximum absolute atomic E-state index is 13.0. The fraction of sp³-hybridized carbons (Fsp3) is 0.714. The van der Waals surface area contributed by atoms with Crippen molar-refractivity contribution < 1.29 is 17.6 Å². The number of nitrogens with one attached hydrogen (secondary N) is 1. The van der Waals surface area contributed by atoms with E-state index in [1.54, 1.807) is 12.3 Å². The minimum absolute atomic E-state index is 0.0147. The van der Waals surface area contributed by atoms with E-state index in [1.165, 1.54) is 0 Å². The molecule has 0 aliphatic heterocycles. The van der Waals surface area contributed by atoms with Gasteiger partial charge in [-0.3, -0.25) is 0 Å². The summed E-state index contributed by atoms with van der Waals surface area (Å²) in [5.74, 6) is -0.403. The van der Waals surface area contributed by atoms with Crippen molar-refractivity contribution in [2.75, 3.05) is 0 Å². The normalized spacial score (nSPS) is 26.3. The molecule has 1 saturated carbocycles. The van der Waals surface area contributed by atoms with E-state index in [4.69, 9.17) is 4.42 Å². The minimum atomic E-state index is -4.09. The highest BCUT2D eigenvalue weighted by Crippen LogP contribution is 2.37. The zero-order valence-electron chi connectivity index (χ0n) is 11.0. The summed E-state index contributed by atoms with van der Waals surface area (Å²) in [6.07, 6.45) is 0.506. The van der Waals surface area contributed by atoms with Crippen LogP contribution in [0.2, 0.25) is 0 Å². The summed E-state index contributed by atoms with van der Waals surface area (Å²) >= 11 is 0. The third kappa shape index (κ3) is 4.00. The number of hydrogen-bond donors (Lipinski definition) is 1. The van der Waals surface area contributed by atoms with Crippen LogP contribution in [0.1, 0.15) is 38.4 Å². The second-order valence-electron chi connectivity index (χ2n) is 5.39. The Morgan fingerprint density at radius 2 is 2.11 bits per heavy atom. The molecule has 1 aromatic heterocycles. The first kappa shape index (κ1) is 14.4. The van der Waals surface area contributed by atoms with Crippen molar-refractivity contribution in [1.29, 1.82) is 0 Å². The molecule has 2 nitrogen and oxygen atoms in total. The first-order valence-electron chi connectivity index (χ1n) is 6.82. The highest BCUT2D eigenvalue weighted by molar-refractivity contribution is 5.00. The quantitative estimate of drug-likeness (QED) is 0.901. The average molecular weight is 275 g/mol.